The molecule has 9 nitrogen and oxygen atoms in total. The first-order chi connectivity index (χ1) is 14.7. The van der Waals surface area contributed by atoms with Crippen LogP contribution in [0.2, 0.25) is 0 Å². The van der Waals surface area contributed by atoms with E-state index in [1.165, 1.54) is 7.11 Å². The third kappa shape index (κ3) is 4.72. The summed E-state index contributed by atoms with van der Waals surface area (Å²) in [5.74, 6) is 0.355. The van der Waals surface area contributed by atoms with E-state index in [0.29, 0.717) is 35.7 Å². The molecule has 1 atom stereocenters. The zero-order valence-corrected chi connectivity index (χ0v) is 18.4. The molecule has 3 N–H and O–H groups in total. The molecule has 1 aliphatic heterocycles. The number of hydrogen-bond donors (Lipinski definition) is 3. The lowest BCUT2D eigenvalue weighted by molar-refractivity contribution is -0.143. The number of anilines is 1. The maximum absolute atomic E-state index is 12.5. The van der Waals surface area contributed by atoms with Crippen LogP contribution in [0.4, 0.5) is 11.6 Å². The number of fused-ring (bicyclic) bond motifs is 1. The van der Waals surface area contributed by atoms with Gasteiger partial charge in [0.25, 0.3) is 0 Å². The van der Waals surface area contributed by atoms with Crippen LogP contribution in [0.1, 0.15) is 48.5 Å². The Morgan fingerprint density at radius 3 is 2.52 bits per heavy atom. The van der Waals surface area contributed by atoms with Crippen molar-refractivity contribution in [3.63, 3.8) is 0 Å². The lowest BCUT2D eigenvalue weighted by atomic mass is 9.97. The summed E-state index contributed by atoms with van der Waals surface area (Å²) in [6, 6.07) is 7.10. The van der Waals surface area contributed by atoms with Crippen molar-refractivity contribution in [2.45, 2.75) is 33.4 Å². The zero-order valence-electron chi connectivity index (χ0n) is 18.4. The van der Waals surface area contributed by atoms with Crippen molar-refractivity contribution in [3.8, 4) is 5.75 Å². The number of rotatable bonds is 6. The second kappa shape index (κ2) is 8.81. The van der Waals surface area contributed by atoms with E-state index in [1.54, 1.807) is 51.2 Å². The van der Waals surface area contributed by atoms with Crippen molar-refractivity contribution in [3.05, 3.63) is 41.0 Å². The molecular weight excluding hydrogens is 400 g/mol. The molecule has 0 amide bonds. The number of methoxy groups -OCH3 is 1. The summed E-state index contributed by atoms with van der Waals surface area (Å²) in [4.78, 5) is 33.1. The summed E-state index contributed by atoms with van der Waals surface area (Å²) in [5, 5.41) is 13.9. The molecule has 9 heteroatoms. The molecule has 2 heterocycles. The normalized spacial score (nSPS) is 15.4. The van der Waals surface area contributed by atoms with Crippen LogP contribution in [-0.4, -0.2) is 54.0 Å². The number of aliphatic imine (C=N–C) groups is 1. The van der Waals surface area contributed by atoms with Gasteiger partial charge in [0.15, 0.2) is 12.0 Å². The number of carbonyl (C=O) groups excluding carboxylic acids is 2. The number of aliphatic hydroxyl groups excluding tert-OH is 1. The smallest absolute Gasteiger partial charge is 0.337 e. The number of esters is 2. The summed E-state index contributed by atoms with van der Waals surface area (Å²) in [5.41, 5.74) is 1.18. The molecule has 0 saturated heterocycles. The minimum Gasteiger partial charge on any atom is -0.465 e. The van der Waals surface area contributed by atoms with Crippen molar-refractivity contribution in [1.29, 1.82) is 0 Å². The predicted octanol–water partition coefficient (Wildman–Crippen LogP) is 3.00. The SMILES string of the molecule is CNc1[nH]c2c(c1OC(=O)C(C)(C)C)C(O)N(CCc1ccc(C(=O)OC)cc1)C=N2. The Balaban J connectivity index is 1.76. The molecule has 1 aromatic heterocycles. The highest BCUT2D eigenvalue weighted by molar-refractivity contribution is 5.89. The van der Waals surface area contributed by atoms with E-state index in [1.807, 2.05) is 12.1 Å². The maximum Gasteiger partial charge on any atom is 0.337 e. The first-order valence-electron chi connectivity index (χ1n) is 9.97. The first kappa shape index (κ1) is 22.4. The van der Waals surface area contributed by atoms with Crippen molar-refractivity contribution < 1.29 is 24.2 Å². The first-order valence-corrected chi connectivity index (χ1v) is 9.97. The summed E-state index contributed by atoms with van der Waals surface area (Å²) < 4.78 is 10.3. The standard InChI is InChI=1S/C22H28N4O5/c1-22(2,3)21(29)31-16-15-17(25-18(16)23-4)24-12-26(19(15)27)11-10-13-6-8-14(9-7-13)20(28)30-5/h6-9,12,19,23,25,27H,10-11H2,1-5H3. The molecule has 0 fully saturated rings. The Hall–Kier alpha value is -3.33. The van der Waals surface area contributed by atoms with E-state index in [0.717, 1.165) is 5.56 Å². The van der Waals surface area contributed by atoms with E-state index in [-0.39, 0.29) is 11.7 Å². The summed E-state index contributed by atoms with van der Waals surface area (Å²) >= 11 is 0. The highest BCUT2D eigenvalue weighted by Gasteiger charge is 2.34. The minimum absolute atomic E-state index is 0.245. The number of aromatic amines is 1. The highest BCUT2D eigenvalue weighted by atomic mass is 16.5. The molecule has 166 valence electrons. The van der Waals surface area contributed by atoms with Crippen LogP contribution in [-0.2, 0) is 16.0 Å². The largest absolute Gasteiger partial charge is 0.465 e. The molecule has 1 aliphatic rings. The van der Waals surface area contributed by atoms with E-state index in [2.05, 4.69) is 15.3 Å². The fraction of sp³-hybridized carbons (Fsp3) is 0.409. The Kier molecular flexibility index (Phi) is 6.35. The number of H-pyrrole nitrogens is 1. The average molecular weight is 428 g/mol. The Labute approximate surface area is 181 Å². The third-order valence-electron chi connectivity index (χ3n) is 4.97. The Bertz CT molecular complexity index is 989. The topological polar surface area (TPSA) is 116 Å². The van der Waals surface area contributed by atoms with E-state index < -0.39 is 17.6 Å². The molecule has 31 heavy (non-hydrogen) atoms. The highest BCUT2D eigenvalue weighted by Crippen LogP contribution is 2.44. The van der Waals surface area contributed by atoms with Gasteiger partial charge in [0.1, 0.15) is 11.6 Å². The van der Waals surface area contributed by atoms with Gasteiger partial charge in [0, 0.05) is 13.6 Å². The van der Waals surface area contributed by atoms with Gasteiger partial charge in [-0.2, -0.15) is 0 Å². The minimum atomic E-state index is -1.04. The van der Waals surface area contributed by atoms with Crippen molar-refractivity contribution in [2.24, 2.45) is 10.4 Å². The molecule has 3 rings (SSSR count). The number of benzene rings is 1. The number of nitrogens with one attached hydrogen (secondary N) is 2. The zero-order chi connectivity index (χ0) is 22.8. The van der Waals surface area contributed by atoms with Gasteiger partial charge in [-0.3, -0.25) is 4.79 Å². The lowest BCUT2D eigenvalue weighted by Gasteiger charge is -2.29. The molecule has 0 bridgehead atoms. The third-order valence-corrected chi connectivity index (χ3v) is 4.97. The lowest BCUT2D eigenvalue weighted by Crippen LogP contribution is -2.32. The second-order valence-electron chi connectivity index (χ2n) is 8.28. The Morgan fingerprint density at radius 1 is 1.26 bits per heavy atom. The monoisotopic (exact) mass is 428 g/mol. The van der Waals surface area contributed by atoms with Gasteiger partial charge in [0.05, 0.1) is 30.0 Å². The number of nitrogens with zero attached hydrogens (tertiary/aromatic N) is 2. The summed E-state index contributed by atoms with van der Waals surface area (Å²) in [6.07, 6.45) is 1.13. The number of aromatic nitrogens is 1. The maximum atomic E-state index is 12.5. The Morgan fingerprint density at radius 2 is 1.94 bits per heavy atom. The van der Waals surface area contributed by atoms with Crippen LogP contribution in [0, 0.1) is 5.41 Å². The predicted molar refractivity (Wildman–Crippen MR) is 117 cm³/mol. The number of aliphatic hydroxyl groups is 1. The summed E-state index contributed by atoms with van der Waals surface area (Å²) in [7, 11) is 3.03. The molecule has 0 aliphatic carbocycles. The van der Waals surface area contributed by atoms with E-state index >= 15 is 0 Å². The molecule has 1 aromatic carbocycles. The molecular formula is C22H28N4O5. The number of ether oxygens (including phenoxy) is 2. The van der Waals surface area contributed by atoms with Crippen LogP contribution < -0.4 is 10.1 Å². The van der Waals surface area contributed by atoms with Gasteiger partial charge in [-0.25, -0.2) is 9.79 Å². The molecule has 0 saturated carbocycles. The van der Waals surface area contributed by atoms with Crippen LogP contribution in [0.25, 0.3) is 0 Å². The number of hydrogen-bond acceptors (Lipinski definition) is 8. The van der Waals surface area contributed by atoms with E-state index in [9.17, 15) is 14.7 Å². The van der Waals surface area contributed by atoms with Gasteiger partial charge in [-0.1, -0.05) is 12.1 Å². The number of carbonyl (C=O) groups is 2. The van der Waals surface area contributed by atoms with Crippen LogP contribution >= 0.6 is 0 Å². The molecule has 2 aromatic rings. The fourth-order valence-electron chi connectivity index (χ4n) is 3.08. The van der Waals surface area contributed by atoms with Gasteiger partial charge >= 0.3 is 11.9 Å². The van der Waals surface area contributed by atoms with Crippen LogP contribution in [0.3, 0.4) is 0 Å². The fourth-order valence-corrected chi connectivity index (χ4v) is 3.08. The van der Waals surface area contributed by atoms with Crippen molar-refractivity contribution in [1.82, 2.24) is 9.88 Å². The second-order valence-corrected chi connectivity index (χ2v) is 8.28. The quantitative estimate of drug-likeness (QED) is 0.606. The van der Waals surface area contributed by atoms with Gasteiger partial charge in [0.2, 0.25) is 0 Å². The van der Waals surface area contributed by atoms with Gasteiger partial charge < -0.3 is 29.8 Å². The molecule has 0 radical (unpaired) electrons. The van der Waals surface area contributed by atoms with Crippen LogP contribution in [0.5, 0.6) is 5.75 Å². The molecule has 0 spiro atoms. The molecule has 1 unspecified atom stereocenters. The van der Waals surface area contributed by atoms with Crippen molar-refractivity contribution >= 4 is 29.9 Å². The van der Waals surface area contributed by atoms with Gasteiger partial charge in [-0.15, -0.1) is 0 Å². The van der Waals surface area contributed by atoms with Crippen LogP contribution in [0.15, 0.2) is 29.3 Å². The summed E-state index contributed by atoms with van der Waals surface area (Å²) in [6.45, 7) is 5.76. The van der Waals surface area contributed by atoms with Gasteiger partial charge in [-0.05, 0) is 44.9 Å². The van der Waals surface area contributed by atoms with Crippen molar-refractivity contribution in [2.75, 3.05) is 26.0 Å². The average Bonchev–Trinajstić information content (AvgIpc) is 3.10. The van der Waals surface area contributed by atoms with E-state index in [4.69, 9.17) is 9.47 Å².